The molecular formula is C18H23ClN4O2. The molecule has 7 heteroatoms. The van der Waals surface area contributed by atoms with Crippen LogP contribution in [-0.4, -0.2) is 46.0 Å². The van der Waals surface area contributed by atoms with Crippen molar-refractivity contribution in [1.82, 2.24) is 20.4 Å². The SMILES string of the molecule is CC(C)CC(=O)N1CCC(NC(=O)c2n[nH]c3ccc(Cl)cc23)CC1. The van der Waals surface area contributed by atoms with E-state index in [9.17, 15) is 9.59 Å². The number of carbonyl (C=O) groups is 2. The molecule has 1 saturated heterocycles. The predicted octanol–water partition coefficient (Wildman–Crippen LogP) is 2.98. The molecule has 0 bridgehead atoms. The molecule has 2 amide bonds. The number of benzene rings is 1. The van der Waals surface area contributed by atoms with E-state index in [0.29, 0.717) is 36.1 Å². The number of piperidine rings is 1. The fourth-order valence-corrected chi connectivity index (χ4v) is 3.34. The smallest absolute Gasteiger partial charge is 0.272 e. The summed E-state index contributed by atoms with van der Waals surface area (Å²) >= 11 is 6.01. The lowest BCUT2D eigenvalue weighted by Crippen LogP contribution is -2.46. The molecule has 6 nitrogen and oxygen atoms in total. The van der Waals surface area contributed by atoms with Crippen molar-refractivity contribution in [2.45, 2.75) is 39.2 Å². The molecule has 1 aliphatic rings. The van der Waals surface area contributed by atoms with Crippen LogP contribution in [0.5, 0.6) is 0 Å². The molecular weight excluding hydrogens is 340 g/mol. The van der Waals surface area contributed by atoms with Crippen molar-refractivity contribution in [3.63, 3.8) is 0 Å². The molecule has 25 heavy (non-hydrogen) atoms. The fraction of sp³-hybridized carbons (Fsp3) is 0.500. The number of halogens is 1. The molecule has 2 heterocycles. The monoisotopic (exact) mass is 362 g/mol. The third-order valence-electron chi connectivity index (χ3n) is 4.51. The molecule has 0 unspecified atom stereocenters. The maximum absolute atomic E-state index is 12.5. The number of nitrogens with one attached hydrogen (secondary N) is 2. The van der Waals surface area contributed by atoms with Crippen LogP contribution in [0.2, 0.25) is 5.02 Å². The Hall–Kier alpha value is -2.08. The second kappa shape index (κ2) is 7.44. The highest BCUT2D eigenvalue weighted by Crippen LogP contribution is 2.21. The van der Waals surface area contributed by atoms with Gasteiger partial charge in [-0.15, -0.1) is 0 Å². The summed E-state index contributed by atoms with van der Waals surface area (Å²) in [4.78, 5) is 26.6. The first-order valence-electron chi connectivity index (χ1n) is 8.66. The van der Waals surface area contributed by atoms with Gasteiger partial charge in [-0.2, -0.15) is 5.10 Å². The molecule has 0 atom stereocenters. The Labute approximate surface area is 151 Å². The lowest BCUT2D eigenvalue weighted by atomic mass is 10.0. The highest BCUT2D eigenvalue weighted by atomic mass is 35.5. The minimum atomic E-state index is -0.208. The topological polar surface area (TPSA) is 78.1 Å². The van der Waals surface area contributed by atoms with Crippen LogP contribution >= 0.6 is 11.6 Å². The standard InChI is InChI=1S/C18H23ClN4O2/c1-11(2)9-16(24)23-7-5-13(6-8-23)20-18(25)17-14-10-12(19)3-4-15(14)21-22-17/h3-4,10-11,13H,5-9H2,1-2H3,(H,20,25)(H,21,22). The van der Waals surface area contributed by atoms with Crippen LogP contribution in [0.25, 0.3) is 10.9 Å². The summed E-state index contributed by atoms with van der Waals surface area (Å²) in [6.45, 7) is 5.46. The third-order valence-corrected chi connectivity index (χ3v) is 4.74. The van der Waals surface area contributed by atoms with Crippen molar-refractivity contribution < 1.29 is 9.59 Å². The third kappa shape index (κ3) is 4.12. The summed E-state index contributed by atoms with van der Waals surface area (Å²) in [5.74, 6) is 0.359. The van der Waals surface area contributed by atoms with Crippen molar-refractivity contribution in [3.05, 3.63) is 28.9 Å². The van der Waals surface area contributed by atoms with E-state index in [1.54, 1.807) is 18.2 Å². The summed E-state index contributed by atoms with van der Waals surface area (Å²) in [6.07, 6.45) is 2.11. The minimum absolute atomic E-state index is 0.0570. The maximum atomic E-state index is 12.5. The molecule has 1 fully saturated rings. The van der Waals surface area contributed by atoms with Crippen molar-refractivity contribution in [2.75, 3.05) is 13.1 Å². The zero-order valence-corrected chi connectivity index (χ0v) is 15.3. The van der Waals surface area contributed by atoms with Crippen molar-refractivity contribution in [3.8, 4) is 0 Å². The van der Waals surface area contributed by atoms with Crippen molar-refractivity contribution in [1.29, 1.82) is 0 Å². The van der Waals surface area contributed by atoms with E-state index in [4.69, 9.17) is 11.6 Å². The minimum Gasteiger partial charge on any atom is -0.348 e. The van der Waals surface area contributed by atoms with Crippen LogP contribution in [0, 0.1) is 5.92 Å². The zero-order chi connectivity index (χ0) is 18.0. The van der Waals surface area contributed by atoms with Gasteiger partial charge in [-0.3, -0.25) is 14.7 Å². The van der Waals surface area contributed by atoms with Gasteiger partial charge >= 0.3 is 0 Å². The second-order valence-electron chi connectivity index (χ2n) is 6.99. The zero-order valence-electron chi connectivity index (χ0n) is 14.5. The summed E-state index contributed by atoms with van der Waals surface area (Å²) < 4.78 is 0. The molecule has 0 spiro atoms. The number of likely N-dealkylation sites (tertiary alicyclic amines) is 1. The van der Waals surface area contributed by atoms with E-state index in [0.717, 1.165) is 23.7 Å². The molecule has 0 saturated carbocycles. The number of fused-ring (bicyclic) bond motifs is 1. The van der Waals surface area contributed by atoms with Gasteiger partial charge in [0.05, 0.1) is 5.52 Å². The quantitative estimate of drug-likeness (QED) is 0.877. The lowest BCUT2D eigenvalue weighted by molar-refractivity contribution is -0.133. The Bertz CT molecular complexity index is 778. The first-order chi connectivity index (χ1) is 11.9. The second-order valence-corrected chi connectivity index (χ2v) is 7.43. The summed E-state index contributed by atoms with van der Waals surface area (Å²) in [5, 5.41) is 11.3. The number of hydrogen-bond donors (Lipinski definition) is 2. The molecule has 1 aromatic carbocycles. The lowest BCUT2D eigenvalue weighted by Gasteiger charge is -2.32. The molecule has 134 valence electrons. The average molecular weight is 363 g/mol. The van der Waals surface area contributed by atoms with Crippen molar-refractivity contribution in [2.24, 2.45) is 5.92 Å². The average Bonchev–Trinajstić information content (AvgIpc) is 2.98. The molecule has 1 aliphatic heterocycles. The van der Waals surface area contributed by atoms with E-state index < -0.39 is 0 Å². The first-order valence-corrected chi connectivity index (χ1v) is 9.04. The molecule has 2 aromatic rings. The van der Waals surface area contributed by atoms with Gasteiger partial charge in [0.25, 0.3) is 5.91 Å². The van der Waals surface area contributed by atoms with Gasteiger partial charge in [-0.05, 0) is 37.0 Å². The predicted molar refractivity (Wildman–Crippen MR) is 97.6 cm³/mol. The molecule has 3 rings (SSSR count). The highest BCUT2D eigenvalue weighted by molar-refractivity contribution is 6.31. The number of amides is 2. The summed E-state index contributed by atoms with van der Waals surface area (Å²) in [6, 6.07) is 5.36. The van der Waals surface area contributed by atoms with Crippen molar-refractivity contribution >= 4 is 34.3 Å². The molecule has 2 N–H and O–H groups in total. The number of nitrogens with zero attached hydrogens (tertiary/aromatic N) is 2. The van der Waals surface area contributed by atoms with Gasteiger partial charge in [0.1, 0.15) is 0 Å². The Kier molecular flexibility index (Phi) is 5.27. The van der Waals surface area contributed by atoms with E-state index >= 15 is 0 Å². The van der Waals surface area contributed by atoms with Gasteiger partial charge in [0, 0.05) is 36.0 Å². The molecule has 1 aromatic heterocycles. The van der Waals surface area contributed by atoms with E-state index in [1.807, 2.05) is 18.7 Å². The number of H-pyrrole nitrogens is 1. The Balaban J connectivity index is 1.59. The first kappa shape index (κ1) is 17.7. The fourth-order valence-electron chi connectivity index (χ4n) is 3.16. The van der Waals surface area contributed by atoms with Crippen LogP contribution in [0.4, 0.5) is 0 Å². The largest absolute Gasteiger partial charge is 0.348 e. The number of aromatic amines is 1. The number of aromatic nitrogens is 2. The van der Waals surface area contributed by atoms with Crippen LogP contribution in [0.15, 0.2) is 18.2 Å². The van der Waals surface area contributed by atoms with Crippen LogP contribution < -0.4 is 5.32 Å². The van der Waals surface area contributed by atoms with Gasteiger partial charge < -0.3 is 10.2 Å². The van der Waals surface area contributed by atoms with Crippen LogP contribution in [-0.2, 0) is 4.79 Å². The van der Waals surface area contributed by atoms with Gasteiger partial charge in [0.15, 0.2) is 5.69 Å². The van der Waals surface area contributed by atoms with Crippen LogP contribution in [0.1, 0.15) is 43.6 Å². The normalized spacial score (nSPS) is 15.8. The van der Waals surface area contributed by atoms with Gasteiger partial charge in [-0.25, -0.2) is 0 Å². The molecule has 0 radical (unpaired) electrons. The number of rotatable bonds is 4. The number of carbonyl (C=O) groups excluding carboxylic acids is 2. The highest BCUT2D eigenvalue weighted by Gasteiger charge is 2.25. The Morgan fingerprint density at radius 2 is 2.08 bits per heavy atom. The van der Waals surface area contributed by atoms with Gasteiger partial charge in [-0.1, -0.05) is 25.4 Å². The van der Waals surface area contributed by atoms with Crippen LogP contribution in [0.3, 0.4) is 0 Å². The Morgan fingerprint density at radius 1 is 1.36 bits per heavy atom. The van der Waals surface area contributed by atoms with E-state index in [2.05, 4.69) is 15.5 Å². The molecule has 0 aliphatic carbocycles. The van der Waals surface area contributed by atoms with Gasteiger partial charge in [0.2, 0.25) is 5.91 Å². The summed E-state index contributed by atoms with van der Waals surface area (Å²) in [7, 11) is 0. The Morgan fingerprint density at radius 3 is 2.76 bits per heavy atom. The number of hydrogen-bond acceptors (Lipinski definition) is 3. The maximum Gasteiger partial charge on any atom is 0.272 e. The summed E-state index contributed by atoms with van der Waals surface area (Å²) in [5.41, 5.74) is 1.14. The van der Waals surface area contributed by atoms with E-state index in [1.165, 1.54) is 0 Å². The van der Waals surface area contributed by atoms with E-state index in [-0.39, 0.29) is 17.9 Å².